The third kappa shape index (κ3) is 5.37. The highest BCUT2D eigenvalue weighted by Gasteiger charge is 2.29. The summed E-state index contributed by atoms with van der Waals surface area (Å²) in [5, 5.41) is 3.03. The molecule has 0 spiro atoms. The topological polar surface area (TPSA) is 82.5 Å². The summed E-state index contributed by atoms with van der Waals surface area (Å²) in [6, 6.07) is 7.79. The molecule has 3 rings (SSSR count). The number of rotatable bonds is 8. The molecule has 0 saturated carbocycles. The summed E-state index contributed by atoms with van der Waals surface area (Å²) in [6.07, 6.45) is -2.44. The first-order valence-corrected chi connectivity index (χ1v) is 9.77. The number of nitrogens with zero attached hydrogens (tertiary/aromatic N) is 2. The second-order valence-corrected chi connectivity index (χ2v) is 7.04. The Kier molecular flexibility index (Phi) is 7.01. The van der Waals surface area contributed by atoms with Gasteiger partial charge in [-0.3, -0.25) is 14.2 Å². The fourth-order valence-corrected chi connectivity index (χ4v) is 3.16. The summed E-state index contributed by atoms with van der Waals surface area (Å²) in [7, 11) is 2.97. The van der Waals surface area contributed by atoms with Crippen molar-refractivity contribution in [2.75, 3.05) is 14.2 Å². The zero-order chi connectivity index (χ0) is 23.3. The van der Waals surface area contributed by atoms with Gasteiger partial charge in [0, 0.05) is 25.6 Å². The largest absolute Gasteiger partial charge is 0.493 e. The Morgan fingerprint density at radius 2 is 1.75 bits per heavy atom. The van der Waals surface area contributed by atoms with E-state index in [2.05, 4.69) is 10.3 Å². The van der Waals surface area contributed by atoms with Gasteiger partial charge in [0.15, 0.2) is 11.5 Å². The minimum atomic E-state index is -4.39. The molecule has 0 aliphatic carbocycles. The van der Waals surface area contributed by atoms with Crippen molar-refractivity contribution in [3.8, 4) is 11.5 Å². The standard InChI is InChI=1S/C22H22F3N3O4/c1-31-18-10-16-17(11-19(18)32-2)27-13-28(21(16)30)9-3-4-20(29)26-12-14-5-7-15(8-6-14)22(23,24)25/h5-8,10-11,13H,3-4,9,12H2,1-2H3,(H,26,29). The van der Waals surface area contributed by atoms with Gasteiger partial charge < -0.3 is 14.8 Å². The molecule has 0 bridgehead atoms. The third-order valence-corrected chi connectivity index (χ3v) is 4.90. The van der Waals surface area contributed by atoms with E-state index in [-0.39, 0.29) is 31.0 Å². The van der Waals surface area contributed by atoms with Crippen LogP contribution in [0.5, 0.6) is 11.5 Å². The maximum Gasteiger partial charge on any atom is 0.416 e. The molecule has 0 unspecified atom stereocenters. The monoisotopic (exact) mass is 449 g/mol. The minimum Gasteiger partial charge on any atom is -0.493 e. The van der Waals surface area contributed by atoms with Gasteiger partial charge in [0.2, 0.25) is 5.91 Å². The summed E-state index contributed by atoms with van der Waals surface area (Å²) >= 11 is 0. The van der Waals surface area contributed by atoms with E-state index in [0.717, 1.165) is 12.1 Å². The molecular formula is C22H22F3N3O4. The van der Waals surface area contributed by atoms with Gasteiger partial charge in [-0.15, -0.1) is 0 Å². The highest BCUT2D eigenvalue weighted by molar-refractivity contribution is 5.81. The molecule has 10 heteroatoms. The highest BCUT2D eigenvalue weighted by atomic mass is 19.4. The van der Waals surface area contributed by atoms with E-state index in [1.807, 2.05) is 0 Å². The van der Waals surface area contributed by atoms with Gasteiger partial charge in [-0.2, -0.15) is 13.2 Å². The quantitative estimate of drug-likeness (QED) is 0.569. The first-order chi connectivity index (χ1) is 15.2. The molecule has 1 amide bonds. The van der Waals surface area contributed by atoms with Crippen molar-refractivity contribution < 1.29 is 27.4 Å². The third-order valence-electron chi connectivity index (χ3n) is 4.90. The molecule has 1 aromatic heterocycles. The molecule has 0 radical (unpaired) electrons. The predicted octanol–water partition coefficient (Wildman–Crippen LogP) is 3.53. The molecule has 2 aromatic carbocycles. The second kappa shape index (κ2) is 9.71. The van der Waals surface area contributed by atoms with Crippen LogP contribution in [0.4, 0.5) is 13.2 Å². The number of ether oxygens (including phenoxy) is 2. The van der Waals surface area contributed by atoms with Crippen molar-refractivity contribution in [2.45, 2.75) is 32.1 Å². The predicted molar refractivity (Wildman–Crippen MR) is 112 cm³/mol. The number of benzene rings is 2. The maximum absolute atomic E-state index is 12.7. The summed E-state index contributed by atoms with van der Waals surface area (Å²) in [6.45, 7) is 0.403. The Balaban J connectivity index is 1.56. The summed E-state index contributed by atoms with van der Waals surface area (Å²) in [5.41, 5.74) is 0.0306. The van der Waals surface area contributed by atoms with Crippen LogP contribution in [-0.4, -0.2) is 29.7 Å². The maximum atomic E-state index is 12.7. The number of methoxy groups -OCH3 is 2. The smallest absolute Gasteiger partial charge is 0.416 e. The van der Waals surface area contributed by atoms with E-state index in [1.165, 1.54) is 37.2 Å². The van der Waals surface area contributed by atoms with Crippen molar-refractivity contribution in [1.29, 1.82) is 0 Å². The average Bonchev–Trinajstić information content (AvgIpc) is 2.78. The van der Waals surface area contributed by atoms with Crippen molar-refractivity contribution >= 4 is 16.8 Å². The molecule has 170 valence electrons. The van der Waals surface area contributed by atoms with Gasteiger partial charge in [-0.05, 0) is 30.2 Å². The van der Waals surface area contributed by atoms with Crippen LogP contribution in [0.3, 0.4) is 0 Å². The van der Waals surface area contributed by atoms with Crippen molar-refractivity contribution in [3.05, 3.63) is 64.2 Å². The van der Waals surface area contributed by atoms with E-state index in [0.29, 0.717) is 34.4 Å². The number of halogens is 3. The Labute approximate surface area is 181 Å². The van der Waals surface area contributed by atoms with Gasteiger partial charge in [0.25, 0.3) is 5.56 Å². The number of amides is 1. The molecule has 7 nitrogen and oxygen atoms in total. The Bertz CT molecular complexity index is 1160. The van der Waals surface area contributed by atoms with Crippen molar-refractivity contribution in [2.24, 2.45) is 0 Å². The summed E-state index contributed by atoms with van der Waals surface area (Å²) in [4.78, 5) is 29.1. The van der Waals surface area contributed by atoms with Gasteiger partial charge >= 0.3 is 6.18 Å². The molecule has 0 atom stereocenters. The molecule has 1 heterocycles. The molecule has 0 saturated heterocycles. The SMILES string of the molecule is COc1cc2ncn(CCCC(=O)NCc3ccc(C(F)(F)F)cc3)c(=O)c2cc1OC. The van der Waals surface area contributed by atoms with Crippen molar-refractivity contribution in [1.82, 2.24) is 14.9 Å². The molecule has 32 heavy (non-hydrogen) atoms. The normalized spacial score (nSPS) is 11.4. The number of aromatic nitrogens is 2. The van der Waals surface area contributed by atoms with Gasteiger partial charge in [-0.1, -0.05) is 12.1 Å². The zero-order valence-electron chi connectivity index (χ0n) is 17.5. The molecule has 3 aromatic rings. The van der Waals surface area contributed by atoms with Crippen LogP contribution in [0, 0.1) is 0 Å². The van der Waals surface area contributed by atoms with Gasteiger partial charge in [0.1, 0.15) is 0 Å². The molecule has 0 aliphatic rings. The lowest BCUT2D eigenvalue weighted by Gasteiger charge is -2.11. The zero-order valence-corrected chi connectivity index (χ0v) is 17.5. The number of alkyl halides is 3. The fraction of sp³-hybridized carbons (Fsp3) is 0.318. The van der Waals surface area contributed by atoms with E-state index in [1.54, 1.807) is 12.1 Å². The minimum absolute atomic E-state index is 0.121. The number of carbonyl (C=O) groups excluding carboxylic acids is 1. The Morgan fingerprint density at radius 1 is 1.09 bits per heavy atom. The number of aryl methyl sites for hydroxylation is 1. The van der Waals surface area contributed by atoms with E-state index in [4.69, 9.17) is 9.47 Å². The van der Waals surface area contributed by atoms with Gasteiger partial charge in [0.05, 0.1) is 37.0 Å². The average molecular weight is 449 g/mol. The van der Waals surface area contributed by atoms with Crippen LogP contribution < -0.4 is 20.3 Å². The Morgan fingerprint density at radius 3 is 2.38 bits per heavy atom. The van der Waals surface area contributed by atoms with Crippen LogP contribution in [0.25, 0.3) is 10.9 Å². The molecule has 0 fully saturated rings. The lowest BCUT2D eigenvalue weighted by molar-refractivity contribution is -0.137. The fourth-order valence-electron chi connectivity index (χ4n) is 3.16. The molecule has 1 N–H and O–H groups in total. The summed E-state index contributed by atoms with van der Waals surface area (Å²) in [5.74, 6) is 0.617. The van der Waals surface area contributed by atoms with Crippen molar-refractivity contribution in [3.63, 3.8) is 0 Å². The first-order valence-electron chi connectivity index (χ1n) is 9.77. The number of fused-ring (bicyclic) bond motifs is 1. The summed E-state index contributed by atoms with van der Waals surface area (Å²) < 4.78 is 49.6. The van der Waals surface area contributed by atoms with Crippen LogP contribution in [-0.2, 0) is 24.1 Å². The van der Waals surface area contributed by atoms with E-state index >= 15 is 0 Å². The molecule has 0 aliphatic heterocycles. The number of hydrogen-bond acceptors (Lipinski definition) is 5. The van der Waals surface area contributed by atoms with Crippen LogP contribution in [0.2, 0.25) is 0 Å². The molecular weight excluding hydrogens is 427 g/mol. The van der Waals surface area contributed by atoms with E-state index < -0.39 is 11.7 Å². The number of carbonyl (C=O) groups is 1. The second-order valence-electron chi connectivity index (χ2n) is 7.04. The van der Waals surface area contributed by atoms with Crippen LogP contribution in [0.1, 0.15) is 24.0 Å². The highest BCUT2D eigenvalue weighted by Crippen LogP contribution is 2.30. The lowest BCUT2D eigenvalue weighted by Crippen LogP contribution is -2.25. The van der Waals surface area contributed by atoms with E-state index in [9.17, 15) is 22.8 Å². The van der Waals surface area contributed by atoms with Crippen LogP contribution in [0.15, 0.2) is 47.5 Å². The number of hydrogen-bond donors (Lipinski definition) is 1. The van der Waals surface area contributed by atoms with Gasteiger partial charge in [-0.25, -0.2) is 4.98 Å². The lowest BCUT2D eigenvalue weighted by atomic mass is 10.1. The number of nitrogens with one attached hydrogen (secondary N) is 1. The first kappa shape index (κ1) is 23.1. The Hall–Kier alpha value is -3.56. The van der Waals surface area contributed by atoms with Crippen LogP contribution >= 0.6 is 0 Å².